The van der Waals surface area contributed by atoms with E-state index in [1.165, 1.54) is 19.3 Å². The van der Waals surface area contributed by atoms with E-state index in [9.17, 15) is 0 Å². The van der Waals surface area contributed by atoms with Gasteiger partial charge in [-0.3, -0.25) is 0 Å². The third-order valence-electron chi connectivity index (χ3n) is 3.51. The molecule has 98 valence electrons. The summed E-state index contributed by atoms with van der Waals surface area (Å²) in [6.45, 7) is 0.993. The SMILES string of the molecule is CN(CC1CCC1)c1ccc(Cl)cc1C(N)=NO. The van der Waals surface area contributed by atoms with Gasteiger partial charge in [0.25, 0.3) is 0 Å². The van der Waals surface area contributed by atoms with Crippen molar-refractivity contribution < 1.29 is 5.21 Å². The number of hydrogen-bond acceptors (Lipinski definition) is 3. The van der Waals surface area contributed by atoms with Crippen molar-refractivity contribution in [3.8, 4) is 0 Å². The van der Waals surface area contributed by atoms with E-state index in [4.69, 9.17) is 22.5 Å². The van der Waals surface area contributed by atoms with E-state index >= 15 is 0 Å². The zero-order valence-corrected chi connectivity index (χ0v) is 11.2. The van der Waals surface area contributed by atoms with Crippen molar-refractivity contribution in [2.45, 2.75) is 19.3 Å². The van der Waals surface area contributed by atoms with Crippen LogP contribution in [0.5, 0.6) is 0 Å². The second kappa shape index (κ2) is 5.48. The summed E-state index contributed by atoms with van der Waals surface area (Å²) in [5, 5.41) is 12.5. The predicted octanol–water partition coefficient (Wildman–Crippen LogP) is 2.67. The summed E-state index contributed by atoms with van der Waals surface area (Å²) < 4.78 is 0. The molecule has 3 N–H and O–H groups in total. The zero-order chi connectivity index (χ0) is 13.1. The van der Waals surface area contributed by atoms with Gasteiger partial charge in [-0.2, -0.15) is 0 Å². The van der Waals surface area contributed by atoms with Gasteiger partial charge in [-0.05, 0) is 37.0 Å². The Morgan fingerprint density at radius 3 is 2.83 bits per heavy atom. The third kappa shape index (κ3) is 2.70. The molecule has 4 nitrogen and oxygen atoms in total. The molecule has 0 heterocycles. The van der Waals surface area contributed by atoms with Crippen LogP contribution < -0.4 is 10.6 Å². The molecule has 5 heteroatoms. The molecule has 1 saturated carbocycles. The Balaban J connectivity index is 2.24. The van der Waals surface area contributed by atoms with Gasteiger partial charge in [-0.1, -0.05) is 23.2 Å². The Morgan fingerprint density at radius 2 is 2.28 bits per heavy atom. The average molecular weight is 268 g/mol. The van der Waals surface area contributed by atoms with Crippen molar-refractivity contribution in [3.63, 3.8) is 0 Å². The Bertz CT molecular complexity index is 458. The number of anilines is 1. The third-order valence-corrected chi connectivity index (χ3v) is 3.75. The molecule has 1 fully saturated rings. The first-order valence-electron chi connectivity index (χ1n) is 6.10. The van der Waals surface area contributed by atoms with Gasteiger partial charge in [-0.15, -0.1) is 0 Å². The van der Waals surface area contributed by atoms with Crippen LogP contribution >= 0.6 is 11.6 Å². The molecular weight excluding hydrogens is 250 g/mol. The second-order valence-electron chi connectivity index (χ2n) is 4.82. The lowest BCUT2D eigenvalue weighted by atomic mass is 9.85. The van der Waals surface area contributed by atoms with Crippen molar-refractivity contribution >= 4 is 23.1 Å². The molecule has 1 aliphatic carbocycles. The maximum absolute atomic E-state index is 8.83. The molecule has 0 saturated heterocycles. The van der Waals surface area contributed by atoms with E-state index in [2.05, 4.69) is 10.1 Å². The smallest absolute Gasteiger partial charge is 0.172 e. The first-order chi connectivity index (χ1) is 8.61. The minimum atomic E-state index is 0.0907. The van der Waals surface area contributed by atoms with Gasteiger partial charge < -0.3 is 15.8 Å². The number of amidine groups is 1. The van der Waals surface area contributed by atoms with E-state index in [-0.39, 0.29) is 5.84 Å². The van der Waals surface area contributed by atoms with Gasteiger partial charge >= 0.3 is 0 Å². The highest BCUT2D eigenvalue weighted by Crippen LogP contribution is 2.30. The van der Waals surface area contributed by atoms with Crippen molar-refractivity contribution in [1.29, 1.82) is 0 Å². The van der Waals surface area contributed by atoms with E-state index in [0.29, 0.717) is 10.6 Å². The van der Waals surface area contributed by atoms with Crippen LogP contribution in [0, 0.1) is 5.92 Å². The van der Waals surface area contributed by atoms with Crippen molar-refractivity contribution in [1.82, 2.24) is 0 Å². The Hall–Kier alpha value is -1.42. The van der Waals surface area contributed by atoms with Crippen molar-refractivity contribution in [2.24, 2.45) is 16.8 Å². The molecule has 1 aromatic carbocycles. The summed E-state index contributed by atoms with van der Waals surface area (Å²) in [6, 6.07) is 5.46. The maximum atomic E-state index is 8.83. The molecule has 0 amide bonds. The van der Waals surface area contributed by atoms with Crippen LogP contribution in [-0.4, -0.2) is 24.6 Å². The van der Waals surface area contributed by atoms with Crippen LogP contribution in [0.25, 0.3) is 0 Å². The maximum Gasteiger partial charge on any atom is 0.172 e. The highest BCUT2D eigenvalue weighted by atomic mass is 35.5. The van der Waals surface area contributed by atoms with Crippen LogP contribution in [-0.2, 0) is 0 Å². The second-order valence-corrected chi connectivity index (χ2v) is 5.26. The van der Waals surface area contributed by atoms with Crippen molar-refractivity contribution in [3.05, 3.63) is 28.8 Å². The van der Waals surface area contributed by atoms with Gasteiger partial charge in [0.2, 0.25) is 0 Å². The normalized spacial score (nSPS) is 16.4. The predicted molar refractivity (Wildman–Crippen MR) is 74.6 cm³/mol. The lowest BCUT2D eigenvalue weighted by molar-refractivity contribution is 0.318. The largest absolute Gasteiger partial charge is 0.409 e. The highest BCUT2D eigenvalue weighted by Gasteiger charge is 2.21. The molecule has 0 aliphatic heterocycles. The van der Waals surface area contributed by atoms with E-state index in [0.717, 1.165) is 18.2 Å². The van der Waals surface area contributed by atoms with Crippen LogP contribution in [0.15, 0.2) is 23.4 Å². The zero-order valence-electron chi connectivity index (χ0n) is 10.4. The Labute approximate surface area is 112 Å². The molecule has 0 bridgehead atoms. The van der Waals surface area contributed by atoms with E-state index < -0.39 is 0 Å². The molecule has 0 spiro atoms. The monoisotopic (exact) mass is 267 g/mol. The van der Waals surface area contributed by atoms with Gasteiger partial charge in [0.15, 0.2) is 5.84 Å². The van der Waals surface area contributed by atoms with Crippen LogP contribution in [0.4, 0.5) is 5.69 Å². The topological polar surface area (TPSA) is 61.8 Å². The van der Waals surface area contributed by atoms with Gasteiger partial charge in [-0.25, -0.2) is 0 Å². The Kier molecular flexibility index (Phi) is 3.97. The number of nitrogens with zero attached hydrogens (tertiary/aromatic N) is 2. The number of rotatable bonds is 4. The molecule has 18 heavy (non-hydrogen) atoms. The van der Waals surface area contributed by atoms with Crippen LogP contribution in [0.2, 0.25) is 5.02 Å². The average Bonchev–Trinajstić information content (AvgIpc) is 2.32. The quantitative estimate of drug-likeness (QED) is 0.382. The summed E-state index contributed by atoms with van der Waals surface area (Å²) in [5.74, 6) is 0.846. The minimum Gasteiger partial charge on any atom is -0.409 e. The highest BCUT2D eigenvalue weighted by molar-refractivity contribution is 6.31. The molecule has 2 rings (SSSR count). The van der Waals surface area contributed by atoms with Crippen molar-refractivity contribution in [2.75, 3.05) is 18.5 Å². The first kappa shape index (κ1) is 13.0. The number of halogens is 1. The molecule has 0 aromatic heterocycles. The number of benzene rings is 1. The lowest BCUT2D eigenvalue weighted by Crippen LogP contribution is -2.31. The molecule has 0 radical (unpaired) electrons. The van der Waals surface area contributed by atoms with Crippen LogP contribution in [0.3, 0.4) is 0 Å². The number of nitrogens with two attached hydrogens (primary N) is 1. The summed E-state index contributed by atoms with van der Waals surface area (Å²) in [5.41, 5.74) is 7.31. The van der Waals surface area contributed by atoms with Gasteiger partial charge in [0, 0.05) is 29.9 Å². The first-order valence-corrected chi connectivity index (χ1v) is 6.48. The standard InChI is InChI=1S/C13H18ClN3O/c1-17(8-9-3-2-4-9)12-6-5-10(14)7-11(12)13(15)16-18/h5-7,9,18H,2-4,8H2,1H3,(H2,15,16). The summed E-state index contributed by atoms with van der Waals surface area (Å²) in [4.78, 5) is 2.15. The van der Waals surface area contributed by atoms with E-state index in [1.807, 2.05) is 19.2 Å². The number of hydrogen-bond donors (Lipinski definition) is 2. The summed E-state index contributed by atoms with van der Waals surface area (Å²) >= 11 is 5.96. The number of oxime groups is 1. The van der Waals surface area contributed by atoms with Gasteiger partial charge in [0.1, 0.15) is 0 Å². The fourth-order valence-electron chi connectivity index (χ4n) is 2.26. The lowest BCUT2D eigenvalue weighted by Gasteiger charge is -2.32. The van der Waals surface area contributed by atoms with Crippen LogP contribution in [0.1, 0.15) is 24.8 Å². The summed E-state index contributed by atoms with van der Waals surface area (Å²) in [7, 11) is 2.02. The fourth-order valence-corrected chi connectivity index (χ4v) is 2.43. The van der Waals surface area contributed by atoms with E-state index in [1.54, 1.807) is 6.07 Å². The molecule has 1 aliphatic rings. The summed E-state index contributed by atoms with van der Waals surface area (Å²) in [6.07, 6.45) is 3.90. The molecule has 0 atom stereocenters. The minimum absolute atomic E-state index is 0.0907. The Morgan fingerprint density at radius 1 is 1.56 bits per heavy atom. The fraction of sp³-hybridized carbons (Fsp3) is 0.462. The molecular formula is C13H18ClN3O. The van der Waals surface area contributed by atoms with Gasteiger partial charge in [0.05, 0.1) is 0 Å². The molecule has 0 unspecified atom stereocenters. The molecule has 1 aromatic rings.